The second-order valence-corrected chi connectivity index (χ2v) is 4.91. The van der Waals surface area contributed by atoms with E-state index in [-0.39, 0.29) is 11.9 Å². The van der Waals surface area contributed by atoms with E-state index in [0.29, 0.717) is 18.1 Å². The minimum atomic E-state index is -0.334. The third-order valence-corrected chi connectivity index (χ3v) is 3.23. The van der Waals surface area contributed by atoms with Gasteiger partial charge in [0, 0.05) is 6.92 Å². The van der Waals surface area contributed by atoms with Gasteiger partial charge < -0.3 is 9.47 Å². The van der Waals surface area contributed by atoms with E-state index in [0.717, 1.165) is 24.8 Å². The molecule has 114 valence electrons. The highest BCUT2D eigenvalue weighted by Gasteiger charge is 2.10. The molecule has 0 saturated heterocycles. The molecule has 0 aromatic heterocycles. The molecular formula is C17H22O4. The molecule has 0 saturated carbocycles. The van der Waals surface area contributed by atoms with Crippen LogP contribution in [0.4, 0.5) is 0 Å². The Kier molecular flexibility index (Phi) is 7.23. The highest BCUT2D eigenvalue weighted by atomic mass is 16.5. The lowest BCUT2D eigenvalue weighted by Crippen LogP contribution is -2.10. The highest BCUT2D eigenvalue weighted by Crippen LogP contribution is 2.17. The molecule has 0 N–H and O–H groups in total. The summed E-state index contributed by atoms with van der Waals surface area (Å²) in [5.41, 5.74) is 1.68. The quantitative estimate of drug-likeness (QED) is 0.545. The van der Waals surface area contributed by atoms with Crippen molar-refractivity contribution in [2.45, 2.75) is 26.2 Å². The second-order valence-electron chi connectivity index (χ2n) is 4.91. The summed E-state index contributed by atoms with van der Waals surface area (Å²) in [7, 11) is 1.37. The Labute approximate surface area is 125 Å². The molecule has 0 aliphatic heterocycles. The lowest BCUT2D eigenvalue weighted by atomic mass is 9.93. The van der Waals surface area contributed by atoms with E-state index in [4.69, 9.17) is 4.74 Å². The molecule has 1 rings (SSSR count). The number of carbonyl (C=O) groups is 2. The van der Waals surface area contributed by atoms with Crippen LogP contribution in [0.3, 0.4) is 0 Å². The number of esters is 2. The van der Waals surface area contributed by atoms with Crippen molar-refractivity contribution in [3.05, 3.63) is 48.0 Å². The standard InChI is InChI=1S/C17H22O4/c1-4-5-14(10-11-21-13(2)18)12-15-6-8-16(9-7-15)17(19)20-3/h4,6-9,14H,1,5,10-12H2,2-3H3. The summed E-state index contributed by atoms with van der Waals surface area (Å²) in [6.07, 6.45) is 4.39. The minimum Gasteiger partial charge on any atom is -0.466 e. The normalized spacial score (nSPS) is 11.5. The van der Waals surface area contributed by atoms with Crippen molar-refractivity contribution in [3.8, 4) is 0 Å². The second kappa shape index (κ2) is 8.95. The molecule has 21 heavy (non-hydrogen) atoms. The van der Waals surface area contributed by atoms with Crippen LogP contribution in [-0.4, -0.2) is 25.7 Å². The fourth-order valence-electron chi connectivity index (χ4n) is 2.14. The zero-order chi connectivity index (χ0) is 15.7. The fourth-order valence-corrected chi connectivity index (χ4v) is 2.14. The SMILES string of the molecule is C=CCC(CCOC(C)=O)Cc1ccc(C(=O)OC)cc1. The minimum absolute atomic E-state index is 0.255. The van der Waals surface area contributed by atoms with E-state index in [1.54, 1.807) is 12.1 Å². The van der Waals surface area contributed by atoms with Crippen molar-refractivity contribution in [3.63, 3.8) is 0 Å². The lowest BCUT2D eigenvalue weighted by molar-refractivity contribution is -0.141. The van der Waals surface area contributed by atoms with Crippen molar-refractivity contribution in [1.29, 1.82) is 0 Å². The maximum atomic E-state index is 11.4. The van der Waals surface area contributed by atoms with Crippen molar-refractivity contribution >= 4 is 11.9 Å². The van der Waals surface area contributed by atoms with Gasteiger partial charge in [-0.3, -0.25) is 4.79 Å². The zero-order valence-corrected chi connectivity index (χ0v) is 12.6. The van der Waals surface area contributed by atoms with E-state index in [2.05, 4.69) is 11.3 Å². The number of allylic oxidation sites excluding steroid dienone is 1. The van der Waals surface area contributed by atoms with E-state index < -0.39 is 0 Å². The summed E-state index contributed by atoms with van der Waals surface area (Å²) in [5, 5.41) is 0. The van der Waals surface area contributed by atoms with Gasteiger partial charge in [-0.15, -0.1) is 6.58 Å². The smallest absolute Gasteiger partial charge is 0.337 e. The predicted octanol–water partition coefficient (Wildman–Crippen LogP) is 3.16. The maximum Gasteiger partial charge on any atom is 0.337 e. The molecule has 4 heteroatoms. The molecule has 0 amide bonds. The summed E-state index contributed by atoms with van der Waals surface area (Å²) in [5.74, 6) is -0.223. The number of methoxy groups -OCH3 is 1. The van der Waals surface area contributed by atoms with Crippen LogP contribution in [-0.2, 0) is 20.7 Å². The molecule has 1 atom stereocenters. The van der Waals surface area contributed by atoms with Crippen molar-refractivity contribution in [1.82, 2.24) is 0 Å². The third kappa shape index (κ3) is 6.25. The molecule has 1 unspecified atom stereocenters. The van der Waals surface area contributed by atoms with Gasteiger partial charge in [0.05, 0.1) is 19.3 Å². The van der Waals surface area contributed by atoms with Crippen molar-refractivity contribution in [2.24, 2.45) is 5.92 Å². The molecule has 0 heterocycles. The van der Waals surface area contributed by atoms with Gasteiger partial charge in [-0.1, -0.05) is 18.2 Å². The summed E-state index contributed by atoms with van der Waals surface area (Å²) in [6, 6.07) is 7.37. The molecular weight excluding hydrogens is 268 g/mol. The van der Waals surface area contributed by atoms with Gasteiger partial charge in [-0.2, -0.15) is 0 Å². The molecule has 0 aliphatic carbocycles. The molecule has 0 spiro atoms. The molecule has 1 aromatic carbocycles. The van der Waals surface area contributed by atoms with Gasteiger partial charge in [-0.25, -0.2) is 4.79 Å². The number of carbonyl (C=O) groups excluding carboxylic acids is 2. The molecule has 4 nitrogen and oxygen atoms in total. The number of hydrogen-bond acceptors (Lipinski definition) is 4. The average Bonchev–Trinajstić information content (AvgIpc) is 2.47. The van der Waals surface area contributed by atoms with Crippen LogP contribution in [0.2, 0.25) is 0 Å². The van der Waals surface area contributed by atoms with E-state index >= 15 is 0 Å². The van der Waals surface area contributed by atoms with E-state index in [9.17, 15) is 9.59 Å². The number of ether oxygens (including phenoxy) is 2. The van der Waals surface area contributed by atoms with E-state index in [1.807, 2.05) is 18.2 Å². The summed E-state index contributed by atoms with van der Waals surface area (Å²) in [4.78, 5) is 22.2. The number of rotatable bonds is 8. The third-order valence-electron chi connectivity index (χ3n) is 3.23. The topological polar surface area (TPSA) is 52.6 Å². The summed E-state index contributed by atoms with van der Waals surface area (Å²) >= 11 is 0. The number of benzene rings is 1. The maximum absolute atomic E-state index is 11.4. The Bertz CT molecular complexity index is 476. The zero-order valence-electron chi connectivity index (χ0n) is 12.6. The van der Waals surface area contributed by atoms with Gasteiger partial charge >= 0.3 is 11.9 Å². The van der Waals surface area contributed by atoms with Gasteiger partial charge in [0.25, 0.3) is 0 Å². The molecule has 0 fully saturated rings. The summed E-state index contributed by atoms with van der Waals surface area (Å²) < 4.78 is 9.66. The van der Waals surface area contributed by atoms with Gasteiger partial charge in [0.15, 0.2) is 0 Å². The monoisotopic (exact) mass is 290 g/mol. The fraction of sp³-hybridized carbons (Fsp3) is 0.412. The average molecular weight is 290 g/mol. The van der Waals surface area contributed by atoms with Gasteiger partial charge in [0.2, 0.25) is 0 Å². The Morgan fingerprint density at radius 2 is 1.95 bits per heavy atom. The van der Waals surface area contributed by atoms with Crippen LogP contribution in [0.1, 0.15) is 35.7 Å². The molecule has 0 bridgehead atoms. The molecule has 0 aliphatic rings. The number of hydrogen-bond donors (Lipinski definition) is 0. The first-order chi connectivity index (χ1) is 10.1. The predicted molar refractivity (Wildman–Crippen MR) is 81.0 cm³/mol. The Balaban J connectivity index is 2.59. The van der Waals surface area contributed by atoms with E-state index in [1.165, 1.54) is 14.0 Å². The lowest BCUT2D eigenvalue weighted by Gasteiger charge is -2.15. The van der Waals surface area contributed by atoms with Crippen LogP contribution in [0, 0.1) is 5.92 Å². The van der Waals surface area contributed by atoms with Crippen LogP contribution in [0.25, 0.3) is 0 Å². The largest absolute Gasteiger partial charge is 0.466 e. The molecule has 1 aromatic rings. The van der Waals surface area contributed by atoms with Gasteiger partial charge in [0.1, 0.15) is 0 Å². The Hall–Kier alpha value is -2.10. The first-order valence-corrected chi connectivity index (χ1v) is 6.98. The first-order valence-electron chi connectivity index (χ1n) is 6.98. The summed E-state index contributed by atoms with van der Waals surface area (Å²) in [6.45, 7) is 5.60. The Morgan fingerprint density at radius 1 is 1.29 bits per heavy atom. The Morgan fingerprint density at radius 3 is 2.48 bits per heavy atom. The van der Waals surface area contributed by atoms with Crippen molar-refractivity contribution in [2.75, 3.05) is 13.7 Å². The van der Waals surface area contributed by atoms with Gasteiger partial charge in [-0.05, 0) is 42.9 Å². The van der Waals surface area contributed by atoms with Crippen LogP contribution >= 0.6 is 0 Å². The highest BCUT2D eigenvalue weighted by molar-refractivity contribution is 5.89. The van der Waals surface area contributed by atoms with Crippen LogP contribution in [0.5, 0.6) is 0 Å². The van der Waals surface area contributed by atoms with Crippen molar-refractivity contribution < 1.29 is 19.1 Å². The first kappa shape index (κ1) is 17.0. The molecule has 0 radical (unpaired) electrons. The van der Waals surface area contributed by atoms with Crippen LogP contribution < -0.4 is 0 Å². The van der Waals surface area contributed by atoms with Crippen LogP contribution in [0.15, 0.2) is 36.9 Å².